The number of benzene rings is 1. The van der Waals surface area contributed by atoms with Crippen molar-refractivity contribution >= 4 is 10.0 Å². The van der Waals surface area contributed by atoms with Gasteiger partial charge in [-0.2, -0.15) is 4.31 Å². The van der Waals surface area contributed by atoms with Gasteiger partial charge in [-0.25, -0.2) is 12.8 Å². The van der Waals surface area contributed by atoms with Gasteiger partial charge in [-0.3, -0.25) is 0 Å². The first kappa shape index (κ1) is 11.7. The van der Waals surface area contributed by atoms with Crippen molar-refractivity contribution in [2.45, 2.75) is 4.90 Å². The predicted octanol–water partition coefficient (Wildman–Crippen LogP) is 1.08. The van der Waals surface area contributed by atoms with Crippen LogP contribution < -0.4 is 0 Å². The Morgan fingerprint density at radius 2 is 2.20 bits per heavy atom. The second-order valence-corrected chi connectivity index (χ2v) is 4.97. The molecule has 0 saturated carbocycles. The summed E-state index contributed by atoms with van der Waals surface area (Å²) in [6, 6.07) is 4.81. The van der Waals surface area contributed by atoms with E-state index in [1.807, 2.05) is 0 Å². The molecule has 0 radical (unpaired) electrons. The lowest BCUT2D eigenvalue weighted by molar-refractivity contribution is 0.501. The lowest BCUT2D eigenvalue weighted by Crippen LogP contribution is -2.27. The molecule has 80 valence electrons. The van der Waals surface area contributed by atoms with E-state index in [1.165, 1.54) is 25.2 Å². The zero-order chi connectivity index (χ0) is 11.5. The third-order valence-corrected chi connectivity index (χ3v) is 3.62. The lowest BCUT2D eigenvalue weighted by Gasteiger charge is -2.13. The highest BCUT2D eigenvalue weighted by Gasteiger charge is 2.19. The highest BCUT2D eigenvalue weighted by atomic mass is 32.2. The fraction of sp³-hybridized carbons (Fsp3) is 0.200. The molecule has 0 bridgehead atoms. The highest BCUT2D eigenvalue weighted by molar-refractivity contribution is 7.89. The van der Waals surface area contributed by atoms with Crippen molar-refractivity contribution < 1.29 is 12.8 Å². The smallest absolute Gasteiger partial charge is 0.207 e. The van der Waals surface area contributed by atoms with E-state index >= 15 is 0 Å². The molecule has 0 unspecified atom stereocenters. The van der Waals surface area contributed by atoms with E-state index in [0.29, 0.717) is 0 Å². The van der Waals surface area contributed by atoms with Gasteiger partial charge in [0.2, 0.25) is 10.0 Å². The molecular weight excluding hydrogens is 217 g/mol. The van der Waals surface area contributed by atoms with Gasteiger partial charge in [-0.15, -0.1) is 6.42 Å². The molecule has 0 atom stereocenters. The van der Waals surface area contributed by atoms with E-state index in [4.69, 9.17) is 6.42 Å². The summed E-state index contributed by atoms with van der Waals surface area (Å²) in [5.74, 6) is 1.62. The maximum absolute atomic E-state index is 12.8. The topological polar surface area (TPSA) is 37.4 Å². The third kappa shape index (κ3) is 2.55. The molecular formula is C10H10FNO2S. The molecule has 0 aliphatic rings. The summed E-state index contributed by atoms with van der Waals surface area (Å²) >= 11 is 0. The molecule has 0 heterocycles. The second-order valence-electron chi connectivity index (χ2n) is 2.92. The van der Waals surface area contributed by atoms with Gasteiger partial charge in [0.15, 0.2) is 0 Å². The Labute approximate surface area is 88.6 Å². The van der Waals surface area contributed by atoms with Gasteiger partial charge in [0.1, 0.15) is 5.82 Å². The van der Waals surface area contributed by atoms with Crippen LogP contribution in [0.2, 0.25) is 0 Å². The first-order chi connectivity index (χ1) is 6.98. The van der Waals surface area contributed by atoms with Crippen LogP contribution in [0.4, 0.5) is 4.39 Å². The maximum atomic E-state index is 12.8. The maximum Gasteiger partial charge on any atom is 0.243 e. The monoisotopic (exact) mass is 227 g/mol. The lowest BCUT2D eigenvalue weighted by atomic mass is 10.4. The van der Waals surface area contributed by atoms with Crippen LogP contribution in [0.25, 0.3) is 0 Å². The summed E-state index contributed by atoms with van der Waals surface area (Å²) in [5.41, 5.74) is 0. The molecule has 0 N–H and O–H groups in total. The predicted molar refractivity (Wildman–Crippen MR) is 55.0 cm³/mol. The summed E-state index contributed by atoms with van der Waals surface area (Å²) in [4.78, 5) is -0.0970. The van der Waals surface area contributed by atoms with E-state index in [1.54, 1.807) is 0 Å². The molecule has 1 aromatic carbocycles. The zero-order valence-corrected chi connectivity index (χ0v) is 8.96. The number of terminal acetylenes is 1. The fourth-order valence-corrected chi connectivity index (χ4v) is 2.14. The minimum atomic E-state index is -3.67. The van der Waals surface area contributed by atoms with E-state index in [-0.39, 0.29) is 11.4 Å². The molecule has 1 rings (SSSR count). The van der Waals surface area contributed by atoms with E-state index in [9.17, 15) is 12.8 Å². The largest absolute Gasteiger partial charge is 0.243 e. The molecule has 15 heavy (non-hydrogen) atoms. The minimum absolute atomic E-state index is 0.0428. The van der Waals surface area contributed by atoms with E-state index in [0.717, 1.165) is 10.4 Å². The Kier molecular flexibility index (Phi) is 3.45. The third-order valence-electron chi connectivity index (χ3n) is 1.82. The van der Waals surface area contributed by atoms with Crippen LogP contribution in [-0.4, -0.2) is 26.3 Å². The zero-order valence-electron chi connectivity index (χ0n) is 8.14. The number of sulfonamides is 1. The Bertz CT molecular complexity index is 490. The van der Waals surface area contributed by atoms with Crippen LogP contribution in [0.1, 0.15) is 0 Å². The Morgan fingerprint density at radius 1 is 1.53 bits per heavy atom. The Morgan fingerprint density at radius 3 is 2.73 bits per heavy atom. The van der Waals surface area contributed by atoms with Crippen molar-refractivity contribution in [2.75, 3.05) is 13.6 Å². The standard InChI is InChI=1S/C10H10FNO2S/c1-3-7-12(2)15(13,14)10-6-4-5-9(11)8-10/h1,4-6,8H,7H2,2H3. The molecule has 0 spiro atoms. The van der Waals surface area contributed by atoms with Crippen LogP contribution >= 0.6 is 0 Å². The Hall–Kier alpha value is -1.38. The molecule has 0 aliphatic heterocycles. The Balaban J connectivity index is 3.13. The van der Waals surface area contributed by atoms with Gasteiger partial charge < -0.3 is 0 Å². The van der Waals surface area contributed by atoms with Crippen LogP contribution in [0, 0.1) is 18.2 Å². The summed E-state index contributed by atoms with van der Waals surface area (Å²) in [7, 11) is -2.33. The van der Waals surface area contributed by atoms with Gasteiger partial charge in [-0.1, -0.05) is 12.0 Å². The van der Waals surface area contributed by atoms with Gasteiger partial charge in [0, 0.05) is 7.05 Å². The number of hydrogen-bond acceptors (Lipinski definition) is 2. The molecule has 0 amide bonds. The summed E-state index contributed by atoms with van der Waals surface area (Å²) in [6.07, 6.45) is 5.00. The first-order valence-corrected chi connectivity index (χ1v) is 5.58. The summed E-state index contributed by atoms with van der Waals surface area (Å²) in [6.45, 7) is -0.0428. The number of rotatable bonds is 3. The van der Waals surface area contributed by atoms with Crippen molar-refractivity contribution in [1.29, 1.82) is 0 Å². The summed E-state index contributed by atoms with van der Waals surface area (Å²) in [5, 5.41) is 0. The SMILES string of the molecule is C#CCN(C)S(=O)(=O)c1cccc(F)c1. The summed E-state index contributed by atoms with van der Waals surface area (Å²) < 4.78 is 37.3. The quantitative estimate of drug-likeness (QED) is 0.725. The van der Waals surface area contributed by atoms with Crippen molar-refractivity contribution in [3.8, 4) is 12.3 Å². The molecule has 3 nitrogen and oxygen atoms in total. The molecule has 0 aromatic heterocycles. The normalized spacial score (nSPS) is 11.3. The molecule has 0 aliphatic carbocycles. The second kappa shape index (κ2) is 4.43. The van der Waals surface area contributed by atoms with Gasteiger partial charge >= 0.3 is 0 Å². The molecule has 0 fully saturated rings. The van der Waals surface area contributed by atoms with Crippen LogP contribution in [-0.2, 0) is 10.0 Å². The van der Waals surface area contributed by atoms with E-state index < -0.39 is 15.8 Å². The number of nitrogens with zero attached hydrogens (tertiary/aromatic N) is 1. The van der Waals surface area contributed by atoms with Gasteiger partial charge in [0.05, 0.1) is 11.4 Å². The van der Waals surface area contributed by atoms with Crippen molar-refractivity contribution in [1.82, 2.24) is 4.31 Å². The van der Waals surface area contributed by atoms with Crippen LogP contribution in [0.5, 0.6) is 0 Å². The average Bonchev–Trinajstić information content (AvgIpc) is 2.18. The molecule has 1 aromatic rings. The van der Waals surface area contributed by atoms with Crippen molar-refractivity contribution in [3.63, 3.8) is 0 Å². The van der Waals surface area contributed by atoms with Gasteiger partial charge in [0.25, 0.3) is 0 Å². The van der Waals surface area contributed by atoms with Crippen molar-refractivity contribution in [3.05, 3.63) is 30.1 Å². The van der Waals surface area contributed by atoms with Gasteiger partial charge in [-0.05, 0) is 18.2 Å². The van der Waals surface area contributed by atoms with Crippen molar-refractivity contribution in [2.24, 2.45) is 0 Å². The number of halogens is 1. The van der Waals surface area contributed by atoms with Crippen LogP contribution in [0.15, 0.2) is 29.2 Å². The number of hydrogen-bond donors (Lipinski definition) is 0. The molecule has 0 saturated heterocycles. The van der Waals surface area contributed by atoms with E-state index in [2.05, 4.69) is 5.92 Å². The minimum Gasteiger partial charge on any atom is -0.207 e. The first-order valence-electron chi connectivity index (χ1n) is 4.14. The highest BCUT2D eigenvalue weighted by Crippen LogP contribution is 2.14. The molecule has 5 heteroatoms. The fourth-order valence-electron chi connectivity index (χ4n) is 1.02. The average molecular weight is 227 g/mol. The van der Waals surface area contributed by atoms with Crippen LogP contribution in [0.3, 0.4) is 0 Å².